The predicted octanol–water partition coefficient (Wildman–Crippen LogP) is 4.52. The molecule has 36 heavy (non-hydrogen) atoms. The Kier molecular flexibility index (Phi) is 7.53. The van der Waals surface area contributed by atoms with E-state index in [9.17, 15) is 14.4 Å². The van der Waals surface area contributed by atoms with Gasteiger partial charge < -0.3 is 5.32 Å². The molecule has 0 unspecified atom stereocenters. The molecule has 4 rings (SSSR count). The van der Waals surface area contributed by atoms with E-state index >= 15 is 0 Å². The summed E-state index contributed by atoms with van der Waals surface area (Å²) in [7, 11) is 0. The lowest BCUT2D eigenvalue weighted by molar-refractivity contribution is -0.120. The van der Waals surface area contributed by atoms with Crippen molar-refractivity contribution in [3.05, 3.63) is 110 Å². The number of hydrogen-bond acceptors (Lipinski definition) is 3. The summed E-state index contributed by atoms with van der Waals surface area (Å²) in [6.07, 6.45) is 1.19. The van der Waals surface area contributed by atoms with Gasteiger partial charge in [-0.15, -0.1) is 0 Å². The molecule has 6 nitrogen and oxygen atoms in total. The van der Waals surface area contributed by atoms with Crippen molar-refractivity contribution in [1.82, 2.24) is 14.5 Å². The minimum absolute atomic E-state index is 0.0397. The summed E-state index contributed by atoms with van der Waals surface area (Å²) in [5, 5.41) is 3.42. The molecule has 0 radical (unpaired) electrons. The quantitative estimate of drug-likeness (QED) is 0.400. The van der Waals surface area contributed by atoms with Gasteiger partial charge in [0.05, 0.1) is 29.6 Å². The van der Waals surface area contributed by atoms with Gasteiger partial charge >= 0.3 is 5.69 Å². The highest BCUT2D eigenvalue weighted by Crippen LogP contribution is 2.16. The third kappa shape index (κ3) is 5.48. The van der Waals surface area contributed by atoms with E-state index in [4.69, 9.17) is 0 Å². The van der Waals surface area contributed by atoms with Gasteiger partial charge in [0.25, 0.3) is 5.56 Å². The fourth-order valence-corrected chi connectivity index (χ4v) is 4.35. The van der Waals surface area contributed by atoms with E-state index in [0.717, 1.165) is 28.7 Å². The summed E-state index contributed by atoms with van der Waals surface area (Å²) in [5.74, 6) is 0.492. The van der Waals surface area contributed by atoms with Gasteiger partial charge in [-0.1, -0.05) is 61.9 Å². The van der Waals surface area contributed by atoms with E-state index < -0.39 is 5.69 Å². The Morgan fingerprint density at radius 2 is 1.67 bits per heavy atom. The number of benzene rings is 3. The summed E-state index contributed by atoms with van der Waals surface area (Å²) in [6, 6.07) is 20.4. The molecule has 1 aromatic heterocycles. The van der Waals surface area contributed by atoms with Gasteiger partial charge in [0, 0.05) is 6.54 Å². The number of carbonyl (C=O) groups excluding carboxylic acids is 1. The largest absolute Gasteiger partial charge is 0.356 e. The van der Waals surface area contributed by atoms with Crippen LogP contribution in [0, 0.1) is 19.8 Å². The highest BCUT2D eigenvalue weighted by Gasteiger charge is 2.16. The number of rotatable bonds is 8. The first-order valence-corrected chi connectivity index (χ1v) is 12.4. The van der Waals surface area contributed by atoms with Crippen LogP contribution < -0.4 is 16.6 Å². The normalized spacial score (nSPS) is 11.2. The lowest BCUT2D eigenvalue weighted by Crippen LogP contribution is -2.39. The van der Waals surface area contributed by atoms with Crippen molar-refractivity contribution in [1.29, 1.82) is 0 Å². The zero-order valence-corrected chi connectivity index (χ0v) is 21.4. The molecule has 3 aromatic carbocycles. The number of carbonyl (C=O) groups is 1. The van der Waals surface area contributed by atoms with Crippen LogP contribution in [0.2, 0.25) is 0 Å². The van der Waals surface area contributed by atoms with Crippen LogP contribution in [0.4, 0.5) is 0 Å². The third-order valence-electron chi connectivity index (χ3n) is 6.49. The van der Waals surface area contributed by atoms with Crippen LogP contribution in [0.25, 0.3) is 16.6 Å². The molecule has 0 saturated heterocycles. The predicted molar refractivity (Wildman–Crippen MR) is 145 cm³/mol. The van der Waals surface area contributed by atoms with Gasteiger partial charge in [-0.25, -0.2) is 9.36 Å². The lowest BCUT2D eigenvalue weighted by Gasteiger charge is -2.16. The molecule has 0 aliphatic carbocycles. The Bertz CT molecular complexity index is 1510. The molecule has 4 aromatic rings. The fraction of sp³-hybridized carbons (Fsp3) is 0.300. The third-order valence-corrected chi connectivity index (χ3v) is 6.49. The second kappa shape index (κ2) is 10.8. The maximum absolute atomic E-state index is 13.7. The molecule has 0 spiro atoms. The van der Waals surface area contributed by atoms with E-state index in [1.54, 1.807) is 34.9 Å². The van der Waals surface area contributed by atoms with Crippen molar-refractivity contribution in [3.63, 3.8) is 0 Å². The van der Waals surface area contributed by atoms with Crippen LogP contribution in [0.5, 0.6) is 0 Å². The van der Waals surface area contributed by atoms with E-state index in [0.29, 0.717) is 35.6 Å². The Balaban J connectivity index is 1.70. The molecular formula is C30H33N3O3. The monoisotopic (exact) mass is 483 g/mol. The van der Waals surface area contributed by atoms with Crippen molar-refractivity contribution < 1.29 is 4.79 Å². The van der Waals surface area contributed by atoms with E-state index in [-0.39, 0.29) is 17.9 Å². The number of nitrogens with one attached hydrogen (secondary N) is 1. The Labute approximate surface area is 211 Å². The van der Waals surface area contributed by atoms with Crippen LogP contribution in [0.15, 0.2) is 76.3 Å². The summed E-state index contributed by atoms with van der Waals surface area (Å²) >= 11 is 0. The van der Waals surface area contributed by atoms with Crippen LogP contribution >= 0.6 is 0 Å². The number of para-hydroxylation sites is 1. The summed E-state index contributed by atoms with van der Waals surface area (Å²) < 4.78 is 2.88. The van der Waals surface area contributed by atoms with Gasteiger partial charge in [0.2, 0.25) is 5.91 Å². The smallest absolute Gasteiger partial charge is 0.336 e. The van der Waals surface area contributed by atoms with Crippen molar-refractivity contribution in [2.75, 3.05) is 6.54 Å². The molecule has 0 fully saturated rings. The van der Waals surface area contributed by atoms with E-state index in [1.807, 2.05) is 44.2 Å². The number of nitrogens with zero attached hydrogens (tertiary/aromatic N) is 2. The van der Waals surface area contributed by atoms with Crippen LogP contribution in [-0.2, 0) is 17.8 Å². The van der Waals surface area contributed by atoms with Crippen LogP contribution in [0.1, 0.15) is 42.5 Å². The first kappa shape index (κ1) is 25.2. The SMILES string of the molecule is Cc1ccc(C)c(Cn2c(=O)n(-c3ccc(CC(=O)NCCC(C)C)cc3)c(=O)c3ccccc32)c1. The van der Waals surface area contributed by atoms with Crippen molar-refractivity contribution >= 4 is 16.8 Å². The van der Waals surface area contributed by atoms with Crippen molar-refractivity contribution in [2.24, 2.45) is 5.92 Å². The minimum atomic E-state index is -0.390. The molecule has 1 N–H and O–H groups in total. The summed E-state index contributed by atoms with van der Waals surface area (Å²) in [4.78, 5) is 39.4. The average Bonchev–Trinajstić information content (AvgIpc) is 2.84. The zero-order valence-electron chi connectivity index (χ0n) is 21.4. The molecule has 186 valence electrons. The zero-order chi connectivity index (χ0) is 25.8. The van der Waals surface area contributed by atoms with Crippen LogP contribution in [0.3, 0.4) is 0 Å². The standard InChI is InChI=1S/C30H33N3O3/c1-20(2)15-16-31-28(34)18-23-11-13-25(14-12-23)33-29(35)26-7-5-6-8-27(26)32(30(33)36)19-24-17-21(3)9-10-22(24)4/h5-14,17,20H,15-16,18-19H2,1-4H3,(H,31,34). The van der Waals surface area contributed by atoms with Crippen molar-refractivity contribution in [3.8, 4) is 5.69 Å². The van der Waals surface area contributed by atoms with Gasteiger partial charge in [-0.2, -0.15) is 0 Å². The van der Waals surface area contributed by atoms with Gasteiger partial charge in [-0.3, -0.25) is 14.2 Å². The molecule has 1 amide bonds. The summed E-state index contributed by atoms with van der Waals surface area (Å²) in [6.45, 7) is 9.31. The molecule has 0 atom stereocenters. The Morgan fingerprint density at radius 3 is 2.39 bits per heavy atom. The molecule has 0 aliphatic heterocycles. The first-order valence-electron chi connectivity index (χ1n) is 12.4. The molecule has 1 heterocycles. The van der Waals surface area contributed by atoms with E-state index in [2.05, 4.69) is 25.2 Å². The topological polar surface area (TPSA) is 73.1 Å². The summed E-state index contributed by atoms with van der Waals surface area (Å²) in [5.41, 5.74) is 4.41. The molecule has 0 bridgehead atoms. The van der Waals surface area contributed by atoms with Crippen molar-refractivity contribution in [2.45, 2.75) is 47.1 Å². The van der Waals surface area contributed by atoms with Crippen LogP contribution in [-0.4, -0.2) is 21.6 Å². The highest BCUT2D eigenvalue weighted by atomic mass is 16.2. The van der Waals surface area contributed by atoms with E-state index in [1.165, 1.54) is 4.57 Å². The number of amides is 1. The average molecular weight is 484 g/mol. The van der Waals surface area contributed by atoms with Gasteiger partial charge in [0.15, 0.2) is 0 Å². The van der Waals surface area contributed by atoms with Gasteiger partial charge in [-0.05, 0) is 67.1 Å². The molecule has 6 heteroatoms. The maximum Gasteiger partial charge on any atom is 0.336 e. The second-order valence-corrected chi connectivity index (χ2v) is 9.83. The molecular weight excluding hydrogens is 450 g/mol. The Hall–Kier alpha value is -3.93. The minimum Gasteiger partial charge on any atom is -0.356 e. The second-order valence-electron chi connectivity index (χ2n) is 9.83. The molecule has 0 saturated carbocycles. The highest BCUT2D eigenvalue weighted by molar-refractivity contribution is 5.79. The molecule has 0 aliphatic rings. The Morgan fingerprint density at radius 1 is 0.944 bits per heavy atom. The lowest BCUT2D eigenvalue weighted by atomic mass is 10.1. The number of aromatic nitrogens is 2. The number of aryl methyl sites for hydroxylation is 2. The first-order chi connectivity index (χ1) is 17.2. The number of fused-ring (bicyclic) bond motifs is 1. The number of hydrogen-bond donors (Lipinski definition) is 1. The fourth-order valence-electron chi connectivity index (χ4n) is 4.35. The van der Waals surface area contributed by atoms with Gasteiger partial charge in [0.1, 0.15) is 0 Å². The maximum atomic E-state index is 13.7.